The largest absolute Gasteiger partial charge is 0.494 e. The fourth-order valence-electron chi connectivity index (χ4n) is 2.09. The number of rotatable bonds is 6. The van der Waals surface area contributed by atoms with Crippen LogP contribution < -0.4 is 10.5 Å². The van der Waals surface area contributed by atoms with Crippen molar-refractivity contribution in [1.29, 1.82) is 0 Å². The summed E-state index contributed by atoms with van der Waals surface area (Å²) in [4.78, 5) is 0. The minimum atomic E-state index is -0.688. The predicted molar refractivity (Wildman–Crippen MR) is 69.9 cm³/mol. The third-order valence-electron chi connectivity index (χ3n) is 3.04. The van der Waals surface area contributed by atoms with E-state index in [9.17, 15) is 9.50 Å². The van der Waals surface area contributed by atoms with Crippen molar-refractivity contribution in [2.75, 3.05) is 13.7 Å². The van der Waals surface area contributed by atoms with Gasteiger partial charge in [0.05, 0.1) is 13.2 Å². The summed E-state index contributed by atoms with van der Waals surface area (Å²) in [5, 5.41) is 10.3. The van der Waals surface area contributed by atoms with Crippen LogP contribution >= 0.6 is 0 Å². The first kappa shape index (κ1) is 14.9. The van der Waals surface area contributed by atoms with Crippen LogP contribution in [0.25, 0.3) is 0 Å². The molecule has 0 heterocycles. The van der Waals surface area contributed by atoms with E-state index in [1.54, 1.807) is 6.07 Å². The Balaban J connectivity index is 2.90. The van der Waals surface area contributed by atoms with Gasteiger partial charge in [-0.1, -0.05) is 19.9 Å². The van der Waals surface area contributed by atoms with Crippen molar-refractivity contribution in [3.05, 3.63) is 29.6 Å². The molecule has 0 saturated carbocycles. The number of hydrogen-bond donors (Lipinski definition) is 2. The summed E-state index contributed by atoms with van der Waals surface area (Å²) < 4.78 is 18.2. The summed E-state index contributed by atoms with van der Waals surface area (Å²) >= 11 is 0. The highest BCUT2D eigenvalue weighted by atomic mass is 19.1. The Kier molecular flexibility index (Phi) is 5.56. The summed E-state index contributed by atoms with van der Waals surface area (Å²) in [6.45, 7) is 4.57. The molecule has 0 bridgehead atoms. The van der Waals surface area contributed by atoms with E-state index in [4.69, 9.17) is 10.5 Å². The molecule has 1 rings (SSSR count). The molecule has 2 unspecified atom stereocenters. The van der Waals surface area contributed by atoms with Gasteiger partial charge in [0.25, 0.3) is 0 Å². The number of hydrogen-bond acceptors (Lipinski definition) is 3. The second-order valence-electron chi connectivity index (χ2n) is 4.96. The van der Waals surface area contributed by atoms with Crippen LogP contribution in [0.2, 0.25) is 0 Å². The van der Waals surface area contributed by atoms with Crippen LogP contribution in [0.5, 0.6) is 5.75 Å². The fraction of sp³-hybridized carbons (Fsp3) is 0.571. The highest BCUT2D eigenvalue weighted by Crippen LogP contribution is 2.29. The second kappa shape index (κ2) is 6.71. The maximum Gasteiger partial charge on any atom is 0.165 e. The van der Waals surface area contributed by atoms with Gasteiger partial charge in [0.2, 0.25) is 0 Å². The summed E-state index contributed by atoms with van der Waals surface area (Å²) in [6, 6.07) is 4.41. The van der Waals surface area contributed by atoms with E-state index in [0.717, 1.165) is 6.42 Å². The van der Waals surface area contributed by atoms with Gasteiger partial charge in [-0.2, -0.15) is 0 Å². The van der Waals surface area contributed by atoms with Crippen molar-refractivity contribution in [3.63, 3.8) is 0 Å². The van der Waals surface area contributed by atoms with E-state index in [1.165, 1.54) is 19.2 Å². The normalized spacial score (nSPS) is 14.6. The Morgan fingerprint density at radius 2 is 2.06 bits per heavy atom. The molecule has 3 nitrogen and oxygen atoms in total. The van der Waals surface area contributed by atoms with Crippen LogP contribution in [-0.2, 0) is 0 Å². The number of aliphatic hydroxyl groups excluding tert-OH is 1. The van der Waals surface area contributed by atoms with E-state index in [-0.39, 0.29) is 11.7 Å². The monoisotopic (exact) mass is 255 g/mol. The molecule has 102 valence electrons. The predicted octanol–water partition coefficient (Wildman–Crippen LogP) is 2.49. The van der Waals surface area contributed by atoms with Gasteiger partial charge in [-0.3, -0.25) is 0 Å². The van der Waals surface area contributed by atoms with Gasteiger partial charge in [-0.15, -0.1) is 0 Å². The fourth-order valence-corrected chi connectivity index (χ4v) is 2.09. The van der Waals surface area contributed by atoms with Gasteiger partial charge >= 0.3 is 0 Å². The number of halogens is 1. The Morgan fingerprint density at radius 1 is 1.39 bits per heavy atom. The van der Waals surface area contributed by atoms with Crippen LogP contribution in [0.3, 0.4) is 0 Å². The van der Waals surface area contributed by atoms with Crippen molar-refractivity contribution < 1.29 is 14.2 Å². The first-order chi connectivity index (χ1) is 8.49. The van der Waals surface area contributed by atoms with E-state index >= 15 is 0 Å². The maximum atomic E-state index is 13.3. The molecule has 18 heavy (non-hydrogen) atoms. The Hall–Kier alpha value is -1.13. The molecule has 0 aliphatic heterocycles. The standard InChI is InChI=1S/C14H22FNO2/c1-9(2)6-11(8-16)14(17)10-4-5-12(15)13(7-10)18-3/h4-5,7,9,11,14,17H,6,8,16H2,1-3H3. The Morgan fingerprint density at radius 3 is 2.56 bits per heavy atom. The summed E-state index contributed by atoms with van der Waals surface area (Å²) in [6.07, 6.45) is 0.143. The summed E-state index contributed by atoms with van der Waals surface area (Å²) in [7, 11) is 1.41. The first-order valence-corrected chi connectivity index (χ1v) is 6.21. The number of methoxy groups -OCH3 is 1. The molecule has 0 fully saturated rings. The van der Waals surface area contributed by atoms with Gasteiger partial charge < -0.3 is 15.6 Å². The minimum Gasteiger partial charge on any atom is -0.494 e. The van der Waals surface area contributed by atoms with Gasteiger partial charge in [0.15, 0.2) is 11.6 Å². The molecule has 1 aromatic rings. The lowest BCUT2D eigenvalue weighted by Crippen LogP contribution is -2.23. The van der Waals surface area contributed by atoms with Crippen LogP contribution in [0.4, 0.5) is 4.39 Å². The van der Waals surface area contributed by atoms with Crippen molar-refractivity contribution in [2.24, 2.45) is 17.6 Å². The zero-order valence-corrected chi connectivity index (χ0v) is 11.2. The average Bonchev–Trinajstić information content (AvgIpc) is 2.35. The second-order valence-corrected chi connectivity index (χ2v) is 4.96. The molecule has 2 atom stereocenters. The number of benzene rings is 1. The molecule has 0 spiro atoms. The van der Waals surface area contributed by atoms with Gasteiger partial charge in [-0.25, -0.2) is 4.39 Å². The molecule has 3 N–H and O–H groups in total. The average molecular weight is 255 g/mol. The highest BCUT2D eigenvalue weighted by molar-refractivity contribution is 5.31. The molecule has 4 heteroatoms. The highest BCUT2D eigenvalue weighted by Gasteiger charge is 2.21. The van der Waals surface area contributed by atoms with Crippen LogP contribution in [0.1, 0.15) is 31.9 Å². The van der Waals surface area contributed by atoms with E-state index in [0.29, 0.717) is 18.0 Å². The molecule has 0 aliphatic rings. The number of nitrogens with two attached hydrogens (primary N) is 1. The smallest absolute Gasteiger partial charge is 0.165 e. The molecule has 0 radical (unpaired) electrons. The number of aliphatic hydroxyl groups is 1. The third kappa shape index (κ3) is 3.68. The van der Waals surface area contributed by atoms with Gasteiger partial charge in [0, 0.05) is 5.92 Å². The van der Waals surface area contributed by atoms with E-state index in [2.05, 4.69) is 13.8 Å². The van der Waals surface area contributed by atoms with Crippen LogP contribution in [0.15, 0.2) is 18.2 Å². The molecule has 0 saturated heterocycles. The quantitative estimate of drug-likeness (QED) is 0.821. The molecule has 0 aliphatic carbocycles. The minimum absolute atomic E-state index is 0.0276. The Labute approximate surface area is 108 Å². The molecular weight excluding hydrogens is 233 g/mol. The zero-order chi connectivity index (χ0) is 13.7. The molecule has 0 aromatic heterocycles. The lowest BCUT2D eigenvalue weighted by Gasteiger charge is -2.23. The SMILES string of the molecule is COc1cc(C(O)C(CN)CC(C)C)ccc1F. The lowest BCUT2D eigenvalue weighted by atomic mass is 9.88. The topological polar surface area (TPSA) is 55.5 Å². The zero-order valence-electron chi connectivity index (χ0n) is 11.2. The van der Waals surface area contributed by atoms with Crippen molar-refractivity contribution >= 4 is 0 Å². The van der Waals surface area contributed by atoms with E-state index in [1.807, 2.05) is 0 Å². The van der Waals surface area contributed by atoms with Crippen LogP contribution in [-0.4, -0.2) is 18.8 Å². The number of ether oxygens (including phenoxy) is 1. The molecule has 0 amide bonds. The molecule has 1 aromatic carbocycles. The maximum absolute atomic E-state index is 13.3. The first-order valence-electron chi connectivity index (χ1n) is 6.21. The Bertz CT molecular complexity index is 382. The van der Waals surface area contributed by atoms with Crippen LogP contribution in [0, 0.1) is 17.7 Å². The van der Waals surface area contributed by atoms with Crippen molar-refractivity contribution in [3.8, 4) is 5.75 Å². The summed E-state index contributed by atoms with van der Waals surface area (Å²) in [5.74, 6) is 0.143. The van der Waals surface area contributed by atoms with Crippen molar-refractivity contribution in [2.45, 2.75) is 26.4 Å². The lowest BCUT2D eigenvalue weighted by molar-refractivity contribution is 0.0991. The van der Waals surface area contributed by atoms with E-state index < -0.39 is 11.9 Å². The molecular formula is C14H22FNO2. The van der Waals surface area contributed by atoms with Crippen molar-refractivity contribution in [1.82, 2.24) is 0 Å². The third-order valence-corrected chi connectivity index (χ3v) is 3.04. The van der Waals surface area contributed by atoms with Gasteiger partial charge in [-0.05, 0) is 36.6 Å². The summed E-state index contributed by atoms with van der Waals surface area (Å²) in [5.41, 5.74) is 6.34. The van der Waals surface area contributed by atoms with Gasteiger partial charge in [0.1, 0.15) is 0 Å².